The summed E-state index contributed by atoms with van der Waals surface area (Å²) in [4.78, 5) is 16.7. The molecule has 0 radical (unpaired) electrons. The molecular weight excluding hydrogens is 216 g/mol. The fourth-order valence-corrected chi connectivity index (χ4v) is 2.50. The SMILES string of the molecule is O=C(O)c1csc(N2CCC(CO)C2)n1. The molecule has 2 N–H and O–H groups in total. The van der Waals surface area contributed by atoms with Crippen LogP contribution in [0.15, 0.2) is 5.38 Å². The van der Waals surface area contributed by atoms with Gasteiger partial charge in [-0.3, -0.25) is 0 Å². The number of aliphatic hydroxyl groups excluding tert-OH is 1. The summed E-state index contributed by atoms with van der Waals surface area (Å²) >= 11 is 1.34. The van der Waals surface area contributed by atoms with Crippen molar-refractivity contribution in [3.63, 3.8) is 0 Å². The molecule has 2 heterocycles. The van der Waals surface area contributed by atoms with Gasteiger partial charge in [0.15, 0.2) is 10.8 Å². The van der Waals surface area contributed by atoms with Crippen molar-refractivity contribution in [2.24, 2.45) is 5.92 Å². The van der Waals surface area contributed by atoms with E-state index < -0.39 is 5.97 Å². The van der Waals surface area contributed by atoms with Crippen LogP contribution in [0.5, 0.6) is 0 Å². The lowest BCUT2D eigenvalue weighted by Crippen LogP contribution is -2.20. The summed E-state index contributed by atoms with van der Waals surface area (Å²) in [5, 5.41) is 20.0. The standard InChI is InChI=1S/C9H12N2O3S/c12-4-6-1-2-11(3-6)9-10-7(5-15-9)8(13)14/h5-6,12H,1-4H2,(H,13,14). The highest BCUT2D eigenvalue weighted by molar-refractivity contribution is 7.13. The molecule has 0 aromatic carbocycles. The van der Waals surface area contributed by atoms with Gasteiger partial charge in [-0.1, -0.05) is 0 Å². The monoisotopic (exact) mass is 228 g/mol. The third-order valence-electron chi connectivity index (χ3n) is 2.53. The second-order valence-corrected chi connectivity index (χ2v) is 4.44. The van der Waals surface area contributed by atoms with E-state index in [0.717, 1.165) is 24.6 Å². The predicted octanol–water partition coefficient (Wildman–Crippen LogP) is 0.660. The van der Waals surface area contributed by atoms with Crippen LogP contribution in [0.25, 0.3) is 0 Å². The van der Waals surface area contributed by atoms with Gasteiger partial charge < -0.3 is 15.1 Å². The lowest BCUT2D eigenvalue weighted by molar-refractivity contribution is 0.0691. The Morgan fingerprint density at radius 2 is 2.53 bits per heavy atom. The summed E-state index contributed by atoms with van der Waals surface area (Å²) < 4.78 is 0. The zero-order chi connectivity index (χ0) is 10.8. The van der Waals surface area contributed by atoms with E-state index in [1.54, 1.807) is 5.38 Å². The number of carboxylic acid groups (broad SMARTS) is 1. The van der Waals surface area contributed by atoms with Crippen LogP contribution in [0, 0.1) is 5.92 Å². The average Bonchev–Trinajstić information content (AvgIpc) is 2.86. The van der Waals surface area contributed by atoms with Crippen LogP contribution in [-0.4, -0.2) is 40.9 Å². The molecule has 0 amide bonds. The Labute approximate surface area is 91.0 Å². The second-order valence-electron chi connectivity index (χ2n) is 3.60. The normalized spacial score (nSPS) is 20.9. The van der Waals surface area contributed by atoms with Crippen molar-refractivity contribution in [2.75, 3.05) is 24.6 Å². The molecular formula is C9H12N2O3S. The average molecular weight is 228 g/mol. The lowest BCUT2D eigenvalue weighted by atomic mass is 10.1. The van der Waals surface area contributed by atoms with Crippen LogP contribution < -0.4 is 4.90 Å². The van der Waals surface area contributed by atoms with E-state index in [9.17, 15) is 4.79 Å². The molecule has 6 heteroatoms. The molecule has 0 spiro atoms. The number of aliphatic hydroxyl groups is 1. The molecule has 1 aromatic heterocycles. The van der Waals surface area contributed by atoms with Crippen LogP contribution in [0.3, 0.4) is 0 Å². The van der Waals surface area contributed by atoms with Gasteiger partial charge in [-0.05, 0) is 6.42 Å². The molecule has 1 fully saturated rings. The van der Waals surface area contributed by atoms with Gasteiger partial charge in [0.2, 0.25) is 0 Å². The topological polar surface area (TPSA) is 73.7 Å². The Morgan fingerprint density at radius 3 is 3.07 bits per heavy atom. The number of hydrogen-bond acceptors (Lipinski definition) is 5. The minimum atomic E-state index is -0.990. The molecule has 1 atom stereocenters. The maximum atomic E-state index is 10.6. The quantitative estimate of drug-likeness (QED) is 0.795. The lowest BCUT2D eigenvalue weighted by Gasteiger charge is -2.13. The molecule has 0 bridgehead atoms. The number of thiazole rings is 1. The maximum Gasteiger partial charge on any atom is 0.355 e. The highest BCUT2D eigenvalue weighted by Gasteiger charge is 2.24. The summed E-state index contributed by atoms with van der Waals surface area (Å²) in [7, 11) is 0. The largest absolute Gasteiger partial charge is 0.476 e. The number of hydrogen-bond donors (Lipinski definition) is 2. The fraction of sp³-hybridized carbons (Fsp3) is 0.556. The zero-order valence-electron chi connectivity index (χ0n) is 8.09. The third kappa shape index (κ3) is 2.10. The Morgan fingerprint density at radius 1 is 1.73 bits per heavy atom. The van der Waals surface area contributed by atoms with Gasteiger partial charge in [0, 0.05) is 31.0 Å². The molecule has 0 saturated carbocycles. The molecule has 2 rings (SSSR count). The molecule has 1 saturated heterocycles. The van der Waals surface area contributed by atoms with Crippen LogP contribution in [0.1, 0.15) is 16.9 Å². The zero-order valence-corrected chi connectivity index (χ0v) is 8.90. The van der Waals surface area contributed by atoms with E-state index in [1.807, 2.05) is 4.90 Å². The minimum absolute atomic E-state index is 0.0995. The van der Waals surface area contributed by atoms with Crippen molar-refractivity contribution in [2.45, 2.75) is 6.42 Å². The first-order valence-electron chi connectivity index (χ1n) is 4.75. The number of carboxylic acids is 1. The first-order chi connectivity index (χ1) is 7.20. The molecule has 82 valence electrons. The predicted molar refractivity (Wildman–Crippen MR) is 56.5 cm³/mol. The van der Waals surface area contributed by atoms with Gasteiger partial charge in [-0.25, -0.2) is 9.78 Å². The van der Waals surface area contributed by atoms with Crippen LogP contribution >= 0.6 is 11.3 Å². The molecule has 15 heavy (non-hydrogen) atoms. The molecule has 1 aromatic rings. The number of anilines is 1. The number of nitrogens with zero attached hydrogens (tertiary/aromatic N) is 2. The van der Waals surface area contributed by atoms with Crippen LogP contribution in [0.2, 0.25) is 0 Å². The minimum Gasteiger partial charge on any atom is -0.476 e. The smallest absolute Gasteiger partial charge is 0.355 e. The van der Waals surface area contributed by atoms with Gasteiger partial charge >= 0.3 is 5.97 Å². The Kier molecular flexibility index (Phi) is 2.88. The molecule has 1 aliphatic heterocycles. The fourth-order valence-electron chi connectivity index (χ4n) is 1.66. The Hall–Kier alpha value is -1.14. The molecule has 1 unspecified atom stereocenters. The van der Waals surface area contributed by atoms with Crippen molar-refractivity contribution in [1.82, 2.24) is 4.98 Å². The molecule has 0 aliphatic carbocycles. The summed E-state index contributed by atoms with van der Waals surface area (Å²) in [5.41, 5.74) is 0.0995. The number of aromatic carboxylic acids is 1. The van der Waals surface area contributed by atoms with Crippen LogP contribution in [0.4, 0.5) is 5.13 Å². The third-order valence-corrected chi connectivity index (χ3v) is 3.43. The summed E-state index contributed by atoms with van der Waals surface area (Å²) in [5.74, 6) is -0.697. The van der Waals surface area contributed by atoms with Gasteiger partial charge in [0.05, 0.1) is 0 Å². The van der Waals surface area contributed by atoms with E-state index in [1.165, 1.54) is 11.3 Å². The highest BCUT2D eigenvalue weighted by atomic mass is 32.1. The van der Waals surface area contributed by atoms with E-state index in [4.69, 9.17) is 10.2 Å². The van der Waals surface area contributed by atoms with Crippen molar-refractivity contribution >= 4 is 22.4 Å². The van der Waals surface area contributed by atoms with Crippen LogP contribution in [-0.2, 0) is 0 Å². The van der Waals surface area contributed by atoms with Gasteiger partial charge in [-0.2, -0.15) is 0 Å². The second kappa shape index (κ2) is 4.16. The van der Waals surface area contributed by atoms with Gasteiger partial charge in [-0.15, -0.1) is 11.3 Å². The van der Waals surface area contributed by atoms with Crippen molar-refractivity contribution < 1.29 is 15.0 Å². The summed E-state index contributed by atoms with van der Waals surface area (Å²) in [6.45, 7) is 1.80. The van der Waals surface area contributed by atoms with E-state index in [2.05, 4.69) is 4.98 Å². The number of carbonyl (C=O) groups is 1. The number of rotatable bonds is 3. The first kappa shape index (κ1) is 10.4. The Bertz CT molecular complexity index is 366. The molecule has 1 aliphatic rings. The van der Waals surface area contributed by atoms with Crippen molar-refractivity contribution in [3.05, 3.63) is 11.1 Å². The van der Waals surface area contributed by atoms with Crippen molar-refractivity contribution in [1.29, 1.82) is 0 Å². The summed E-state index contributed by atoms with van der Waals surface area (Å²) in [6.07, 6.45) is 0.943. The van der Waals surface area contributed by atoms with E-state index >= 15 is 0 Å². The summed E-state index contributed by atoms with van der Waals surface area (Å²) in [6, 6.07) is 0. The van der Waals surface area contributed by atoms with E-state index in [0.29, 0.717) is 5.92 Å². The van der Waals surface area contributed by atoms with E-state index in [-0.39, 0.29) is 12.3 Å². The maximum absolute atomic E-state index is 10.6. The highest BCUT2D eigenvalue weighted by Crippen LogP contribution is 2.26. The Balaban J connectivity index is 2.07. The van der Waals surface area contributed by atoms with Gasteiger partial charge in [0.1, 0.15) is 0 Å². The first-order valence-corrected chi connectivity index (χ1v) is 5.63. The molecule has 5 nitrogen and oxygen atoms in total. The van der Waals surface area contributed by atoms with Gasteiger partial charge in [0.25, 0.3) is 0 Å². The number of aromatic nitrogens is 1. The van der Waals surface area contributed by atoms with Crippen molar-refractivity contribution in [3.8, 4) is 0 Å².